The van der Waals surface area contributed by atoms with Crippen LogP contribution in [-0.4, -0.2) is 70.7 Å². The summed E-state index contributed by atoms with van der Waals surface area (Å²) in [6.07, 6.45) is 4.85. The summed E-state index contributed by atoms with van der Waals surface area (Å²) in [7, 11) is 5.61. The summed E-state index contributed by atoms with van der Waals surface area (Å²) in [5.74, 6) is -0.153. The fourth-order valence-corrected chi connectivity index (χ4v) is 4.77. The van der Waals surface area contributed by atoms with E-state index in [2.05, 4.69) is 49.0 Å². The van der Waals surface area contributed by atoms with Crippen LogP contribution in [-0.2, 0) is 4.79 Å². The quantitative estimate of drug-likeness (QED) is 0.322. The number of likely N-dealkylation sites (N-methyl/N-ethyl adjacent to an activating group) is 2. The van der Waals surface area contributed by atoms with Crippen molar-refractivity contribution in [1.82, 2.24) is 24.4 Å². The molecule has 1 fully saturated rings. The molecule has 0 spiro atoms. The van der Waals surface area contributed by atoms with Crippen molar-refractivity contribution in [3.05, 3.63) is 77.7 Å². The summed E-state index contributed by atoms with van der Waals surface area (Å²) < 4.78 is 21.2. The van der Waals surface area contributed by atoms with Crippen LogP contribution in [0.1, 0.15) is 6.42 Å². The van der Waals surface area contributed by atoms with Crippen LogP contribution in [0.25, 0.3) is 16.7 Å². The minimum absolute atomic E-state index is 0.154. The van der Waals surface area contributed by atoms with Gasteiger partial charge in [-0.1, -0.05) is 12.6 Å². The third kappa shape index (κ3) is 5.34. The molecule has 1 saturated heterocycles. The summed E-state index contributed by atoms with van der Waals surface area (Å²) in [4.78, 5) is 41.9. The van der Waals surface area contributed by atoms with Crippen LogP contribution in [0.15, 0.2) is 66.4 Å². The average molecular weight is 545 g/mol. The monoisotopic (exact) mass is 544 g/mol. The minimum atomic E-state index is -0.508. The molecule has 0 radical (unpaired) electrons. The maximum Gasteiger partial charge on any atom is 0.283 e. The number of carbonyl (C=O) groups excluding carboxylic acids is 1. The van der Waals surface area contributed by atoms with Crippen molar-refractivity contribution in [3.8, 4) is 11.4 Å². The Morgan fingerprint density at radius 1 is 1.25 bits per heavy atom. The van der Waals surface area contributed by atoms with Crippen molar-refractivity contribution in [2.75, 3.05) is 49.8 Å². The highest BCUT2D eigenvalue weighted by atomic mass is 19.1. The van der Waals surface area contributed by atoms with E-state index >= 15 is 0 Å². The van der Waals surface area contributed by atoms with Gasteiger partial charge in [-0.05, 0) is 50.4 Å². The molecule has 2 aromatic carbocycles. The number of fused-ring (bicyclic) bond motifs is 1. The largest absolute Gasteiger partial charge is 0.494 e. The lowest BCUT2D eigenvalue weighted by molar-refractivity contribution is -0.111. The van der Waals surface area contributed by atoms with Gasteiger partial charge in [0.2, 0.25) is 11.9 Å². The van der Waals surface area contributed by atoms with Gasteiger partial charge in [-0.2, -0.15) is 9.97 Å². The van der Waals surface area contributed by atoms with E-state index in [1.807, 2.05) is 13.1 Å². The number of methoxy groups -OCH3 is 1. The number of carbonyl (C=O) groups is 1. The van der Waals surface area contributed by atoms with E-state index in [0.29, 0.717) is 22.8 Å². The molecule has 0 bridgehead atoms. The van der Waals surface area contributed by atoms with Gasteiger partial charge in [0.25, 0.3) is 5.56 Å². The van der Waals surface area contributed by atoms with Crippen LogP contribution < -0.4 is 25.8 Å². The topological polar surface area (TPSA) is 118 Å². The van der Waals surface area contributed by atoms with Gasteiger partial charge in [-0.15, -0.1) is 0 Å². The van der Waals surface area contributed by atoms with E-state index in [-0.39, 0.29) is 28.9 Å². The number of nitrogens with zero attached hydrogens (tertiary/aromatic N) is 6. The molecule has 0 aliphatic carbocycles. The standard InChI is InChI=1S/C28H29FN8O3/c1-5-25(38)32-21-12-22(24(40-4)13-23(21)36(3)19-9-10-35(2)15-19)33-28-30-14-20-26(34-28)37(16-31-27(20)39)18-8-6-7-17(29)11-18/h5-8,11-14,16,19H,1,9-10,15H2,2-4H3,(H,32,38)(H,30,33,34). The molecule has 1 atom stereocenters. The van der Waals surface area contributed by atoms with Crippen molar-refractivity contribution in [2.45, 2.75) is 12.5 Å². The molecule has 1 unspecified atom stereocenters. The van der Waals surface area contributed by atoms with Gasteiger partial charge in [-0.3, -0.25) is 14.2 Å². The first kappa shape index (κ1) is 26.8. The predicted molar refractivity (Wildman–Crippen MR) is 152 cm³/mol. The van der Waals surface area contributed by atoms with E-state index < -0.39 is 11.4 Å². The Labute approximate surface area is 229 Å². The molecule has 2 aromatic heterocycles. The van der Waals surface area contributed by atoms with Gasteiger partial charge >= 0.3 is 0 Å². The SMILES string of the molecule is C=CC(=O)Nc1cc(Nc2ncc3c(=O)ncn(-c4cccc(F)c4)c3n2)c(OC)cc1N(C)C1CCN(C)C1. The van der Waals surface area contributed by atoms with Crippen LogP contribution in [0.4, 0.5) is 27.4 Å². The molecule has 2 N–H and O–H groups in total. The zero-order valence-corrected chi connectivity index (χ0v) is 22.4. The number of halogens is 1. The number of nitrogens with one attached hydrogen (secondary N) is 2. The zero-order chi connectivity index (χ0) is 28.4. The minimum Gasteiger partial charge on any atom is -0.494 e. The Balaban J connectivity index is 1.57. The second-order valence-electron chi connectivity index (χ2n) is 9.53. The van der Waals surface area contributed by atoms with E-state index in [1.54, 1.807) is 25.3 Å². The Morgan fingerprint density at radius 2 is 2.08 bits per heavy atom. The first-order valence-corrected chi connectivity index (χ1v) is 12.6. The lowest BCUT2D eigenvalue weighted by atomic mass is 10.1. The van der Waals surface area contributed by atoms with Gasteiger partial charge in [0.15, 0.2) is 5.65 Å². The maximum absolute atomic E-state index is 13.9. The number of ether oxygens (including phenoxy) is 1. The van der Waals surface area contributed by atoms with E-state index in [9.17, 15) is 14.0 Å². The molecule has 4 aromatic rings. The smallest absolute Gasteiger partial charge is 0.283 e. The van der Waals surface area contributed by atoms with E-state index in [0.717, 1.165) is 25.2 Å². The normalized spacial score (nSPS) is 15.2. The second kappa shape index (κ2) is 11.1. The van der Waals surface area contributed by atoms with Crippen molar-refractivity contribution in [1.29, 1.82) is 0 Å². The zero-order valence-electron chi connectivity index (χ0n) is 22.4. The lowest BCUT2D eigenvalue weighted by Gasteiger charge is -2.29. The highest BCUT2D eigenvalue weighted by Gasteiger charge is 2.26. The summed E-state index contributed by atoms with van der Waals surface area (Å²) in [5.41, 5.74) is 1.99. The molecule has 0 saturated carbocycles. The number of amides is 1. The summed E-state index contributed by atoms with van der Waals surface area (Å²) in [6.45, 7) is 5.44. The summed E-state index contributed by atoms with van der Waals surface area (Å²) in [5, 5.41) is 6.20. The molecular weight excluding hydrogens is 515 g/mol. The van der Waals surface area contributed by atoms with Crippen molar-refractivity contribution >= 4 is 40.0 Å². The van der Waals surface area contributed by atoms with Gasteiger partial charge in [-0.25, -0.2) is 9.37 Å². The maximum atomic E-state index is 13.9. The van der Waals surface area contributed by atoms with Crippen molar-refractivity contribution in [3.63, 3.8) is 0 Å². The molecule has 5 rings (SSSR count). The fraction of sp³-hybridized carbons (Fsp3) is 0.250. The number of likely N-dealkylation sites (tertiary alicyclic amines) is 1. The first-order chi connectivity index (χ1) is 19.3. The fourth-order valence-electron chi connectivity index (χ4n) is 4.77. The van der Waals surface area contributed by atoms with Gasteiger partial charge in [0, 0.05) is 31.9 Å². The van der Waals surface area contributed by atoms with Crippen LogP contribution >= 0.6 is 0 Å². The summed E-state index contributed by atoms with van der Waals surface area (Å²) in [6, 6.07) is 9.71. The first-order valence-electron chi connectivity index (χ1n) is 12.6. The lowest BCUT2D eigenvalue weighted by Crippen LogP contribution is -2.34. The van der Waals surface area contributed by atoms with E-state index in [1.165, 1.54) is 35.3 Å². The predicted octanol–water partition coefficient (Wildman–Crippen LogP) is 3.33. The number of anilines is 4. The Bertz CT molecular complexity index is 1660. The van der Waals surface area contributed by atoms with E-state index in [4.69, 9.17) is 4.74 Å². The number of hydrogen-bond donors (Lipinski definition) is 2. The third-order valence-electron chi connectivity index (χ3n) is 6.91. The molecule has 12 heteroatoms. The van der Waals surface area contributed by atoms with Crippen LogP contribution in [0.5, 0.6) is 5.75 Å². The number of rotatable bonds is 8. The molecule has 1 aliphatic rings. The Morgan fingerprint density at radius 3 is 2.77 bits per heavy atom. The number of hydrogen-bond acceptors (Lipinski definition) is 9. The highest BCUT2D eigenvalue weighted by Crippen LogP contribution is 2.39. The van der Waals surface area contributed by atoms with Gasteiger partial charge in [0.05, 0.1) is 29.9 Å². The molecule has 1 aliphatic heterocycles. The average Bonchev–Trinajstić information content (AvgIpc) is 3.39. The van der Waals surface area contributed by atoms with Crippen LogP contribution in [0.3, 0.4) is 0 Å². The molecule has 40 heavy (non-hydrogen) atoms. The number of benzene rings is 2. The van der Waals surface area contributed by atoms with Gasteiger partial charge < -0.3 is 25.2 Å². The second-order valence-corrected chi connectivity index (χ2v) is 9.53. The Kier molecular flexibility index (Phi) is 7.43. The van der Waals surface area contributed by atoms with Crippen LogP contribution in [0.2, 0.25) is 0 Å². The van der Waals surface area contributed by atoms with Gasteiger partial charge in [0.1, 0.15) is 23.3 Å². The van der Waals surface area contributed by atoms with Crippen LogP contribution in [0, 0.1) is 5.82 Å². The molecule has 206 valence electrons. The molecule has 11 nitrogen and oxygen atoms in total. The third-order valence-corrected chi connectivity index (χ3v) is 6.91. The molecule has 1 amide bonds. The van der Waals surface area contributed by atoms with Crippen molar-refractivity contribution < 1.29 is 13.9 Å². The molecule has 3 heterocycles. The highest BCUT2D eigenvalue weighted by molar-refractivity contribution is 6.02. The Hall–Kier alpha value is -4.84. The summed E-state index contributed by atoms with van der Waals surface area (Å²) >= 11 is 0. The number of aromatic nitrogens is 4. The molecular formula is C28H29FN8O3. The van der Waals surface area contributed by atoms with Crippen molar-refractivity contribution in [2.24, 2.45) is 0 Å².